The van der Waals surface area contributed by atoms with Gasteiger partial charge in [0.2, 0.25) is 5.37 Å². The molecular formula is C21H20FN5O5S. The number of aromatic amines is 1. The number of benzene rings is 2. The van der Waals surface area contributed by atoms with E-state index in [1.807, 2.05) is 0 Å². The third-order valence-corrected chi connectivity index (χ3v) is 5.89. The van der Waals surface area contributed by atoms with E-state index in [1.54, 1.807) is 25.1 Å². The van der Waals surface area contributed by atoms with E-state index < -0.39 is 33.4 Å². The summed E-state index contributed by atoms with van der Waals surface area (Å²) >= 11 is 0. The van der Waals surface area contributed by atoms with Gasteiger partial charge in [0, 0.05) is 24.6 Å². The number of H-pyrrole nitrogens is 1. The van der Waals surface area contributed by atoms with Gasteiger partial charge in [-0.2, -0.15) is 5.10 Å². The van der Waals surface area contributed by atoms with Gasteiger partial charge in [0.25, 0.3) is 11.5 Å². The molecule has 4 aromatic rings. The number of thiol groups is 1. The van der Waals surface area contributed by atoms with Crippen LogP contribution in [0.25, 0.3) is 21.8 Å². The lowest BCUT2D eigenvalue weighted by atomic mass is 10.1. The number of fused-ring (bicyclic) bond motifs is 2. The van der Waals surface area contributed by atoms with Crippen LogP contribution in [-0.4, -0.2) is 47.7 Å². The van der Waals surface area contributed by atoms with E-state index in [0.717, 1.165) is 0 Å². The summed E-state index contributed by atoms with van der Waals surface area (Å²) in [6.07, 6.45) is 0.0666. The zero-order chi connectivity index (χ0) is 23.7. The van der Waals surface area contributed by atoms with E-state index in [4.69, 9.17) is 4.74 Å². The van der Waals surface area contributed by atoms with Crippen LogP contribution in [0.5, 0.6) is 5.75 Å². The second kappa shape index (κ2) is 8.98. The lowest BCUT2D eigenvalue weighted by molar-refractivity contribution is -0.121. The van der Waals surface area contributed by atoms with Gasteiger partial charge < -0.3 is 15.0 Å². The van der Waals surface area contributed by atoms with Crippen molar-refractivity contribution in [3.63, 3.8) is 0 Å². The molecule has 2 aromatic heterocycles. The summed E-state index contributed by atoms with van der Waals surface area (Å²) in [7, 11) is -2.08. The minimum atomic E-state index is -3.35. The van der Waals surface area contributed by atoms with Crippen LogP contribution in [0, 0.1) is 5.82 Å². The van der Waals surface area contributed by atoms with Crippen molar-refractivity contribution >= 4 is 38.4 Å². The third kappa shape index (κ3) is 4.16. The second-order valence-corrected chi connectivity index (χ2v) is 8.17. The zero-order valence-corrected chi connectivity index (χ0v) is 18.6. The van der Waals surface area contributed by atoms with Crippen molar-refractivity contribution in [2.45, 2.75) is 18.7 Å². The molecule has 0 aliphatic carbocycles. The molecule has 0 saturated carbocycles. The molecule has 0 radical (unpaired) electrons. The molecule has 1 amide bonds. The summed E-state index contributed by atoms with van der Waals surface area (Å²) in [6, 6.07) is 9.29. The molecule has 0 bridgehead atoms. The first-order chi connectivity index (χ1) is 15.8. The number of imidazole rings is 1. The standard InChI is InChI=1S/C21H20FN5O5S/c1-3-32-17-9-16-15(8-13(17)22)24-18(25-16)10-14-11-6-4-5-7-12(11)20(29)27(26-14)21(33(30)31)19(28)23-2/h4-9,21,33H,3,10H2,1-2H3,(H,23,28)(H,24,25). The highest BCUT2D eigenvalue weighted by Crippen LogP contribution is 2.25. The van der Waals surface area contributed by atoms with Crippen LogP contribution in [0.2, 0.25) is 0 Å². The molecule has 0 spiro atoms. The van der Waals surface area contributed by atoms with Crippen molar-refractivity contribution in [2.75, 3.05) is 13.7 Å². The van der Waals surface area contributed by atoms with Crippen molar-refractivity contribution in [3.05, 3.63) is 64.1 Å². The van der Waals surface area contributed by atoms with E-state index in [9.17, 15) is 22.4 Å². The zero-order valence-electron chi connectivity index (χ0n) is 17.7. The third-order valence-electron chi connectivity index (χ3n) is 5.04. The first-order valence-corrected chi connectivity index (χ1v) is 11.2. The number of aromatic nitrogens is 4. The Morgan fingerprint density at radius 1 is 1.27 bits per heavy atom. The Kier molecular flexibility index (Phi) is 6.09. The maximum atomic E-state index is 14.2. The van der Waals surface area contributed by atoms with Gasteiger partial charge in [-0.05, 0) is 13.0 Å². The average molecular weight is 473 g/mol. The predicted octanol–water partition coefficient (Wildman–Crippen LogP) is 1.26. The monoisotopic (exact) mass is 473 g/mol. The number of carbonyl (C=O) groups is 1. The van der Waals surface area contributed by atoms with E-state index >= 15 is 0 Å². The first kappa shape index (κ1) is 22.4. The van der Waals surface area contributed by atoms with E-state index in [2.05, 4.69) is 20.4 Å². The molecular weight excluding hydrogens is 453 g/mol. The normalized spacial score (nSPS) is 12.4. The fourth-order valence-electron chi connectivity index (χ4n) is 3.57. The number of nitrogens with one attached hydrogen (secondary N) is 2. The van der Waals surface area contributed by atoms with E-state index in [1.165, 1.54) is 25.2 Å². The Morgan fingerprint density at radius 3 is 2.67 bits per heavy atom. The molecule has 0 aliphatic rings. The Hall–Kier alpha value is -3.80. The van der Waals surface area contributed by atoms with Gasteiger partial charge in [0.05, 0.1) is 35.1 Å². The van der Waals surface area contributed by atoms with Crippen LogP contribution in [-0.2, 0) is 21.9 Å². The smallest absolute Gasteiger partial charge is 0.276 e. The maximum Gasteiger partial charge on any atom is 0.276 e. The molecule has 2 aromatic carbocycles. The minimum absolute atomic E-state index is 0.0666. The molecule has 1 unspecified atom stereocenters. The fraction of sp³-hybridized carbons (Fsp3) is 0.238. The molecule has 0 fully saturated rings. The maximum absolute atomic E-state index is 14.2. The summed E-state index contributed by atoms with van der Waals surface area (Å²) < 4.78 is 43.7. The number of amides is 1. The van der Waals surface area contributed by atoms with Crippen LogP contribution >= 0.6 is 0 Å². The summed E-state index contributed by atoms with van der Waals surface area (Å²) in [4.78, 5) is 32.6. The number of rotatable bonds is 7. The molecule has 10 nitrogen and oxygen atoms in total. The predicted molar refractivity (Wildman–Crippen MR) is 119 cm³/mol. The molecule has 2 N–H and O–H groups in total. The van der Waals surface area contributed by atoms with Gasteiger partial charge in [-0.15, -0.1) is 0 Å². The topological polar surface area (TPSA) is 136 Å². The number of nitrogens with zero attached hydrogens (tertiary/aromatic N) is 3. The van der Waals surface area contributed by atoms with Crippen molar-refractivity contribution in [1.29, 1.82) is 0 Å². The molecule has 1 atom stereocenters. The minimum Gasteiger partial charge on any atom is -0.491 e. The van der Waals surface area contributed by atoms with E-state index in [0.29, 0.717) is 39.2 Å². The van der Waals surface area contributed by atoms with Crippen LogP contribution in [0.15, 0.2) is 41.2 Å². The SMILES string of the molecule is CCOc1cc2nc(Cc3nn(C(C(=O)NC)[SH](=O)=O)c(=O)c4ccccc34)[nH]c2cc1F. The van der Waals surface area contributed by atoms with Gasteiger partial charge in [0.1, 0.15) is 5.82 Å². The molecule has 33 heavy (non-hydrogen) atoms. The van der Waals surface area contributed by atoms with Crippen molar-refractivity contribution < 1.29 is 22.3 Å². The molecule has 0 aliphatic heterocycles. The van der Waals surface area contributed by atoms with Gasteiger partial charge >= 0.3 is 0 Å². The Bertz CT molecular complexity index is 1500. The highest BCUT2D eigenvalue weighted by Gasteiger charge is 2.27. The van der Waals surface area contributed by atoms with Gasteiger partial charge in [-0.1, -0.05) is 18.2 Å². The second-order valence-electron chi connectivity index (χ2n) is 7.11. The molecule has 172 valence electrons. The van der Waals surface area contributed by atoms with Gasteiger partial charge in [0.15, 0.2) is 22.3 Å². The largest absolute Gasteiger partial charge is 0.491 e. The number of likely N-dealkylation sites (N-methyl/N-ethyl adjacent to an activating group) is 1. The van der Waals surface area contributed by atoms with Gasteiger partial charge in [-0.3, -0.25) is 9.59 Å². The quantitative estimate of drug-likeness (QED) is 0.344. The average Bonchev–Trinajstić information content (AvgIpc) is 3.17. The van der Waals surface area contributed by atoms with Crippen LogP contribution < -0.4 is 15.6 Å². The molecule has 4 rings (SSSR count). The highest BCUT2D eigenvalue weighted by atomic mass is 32.2. The highest BCUT2D eigenvalue weighted by molar-refractivity contribution is 7.73. The number of carbonyl (C=O) groups excluding carboxylic acids is 1. The van der Waals surface area contributed by atoms with Crippen LogP contribution in [0.1, 0.15) is 23.8 Å². The number of hydrogen-bond acceptors (Lipinski definition) is 7. The van der Waals surface area contributed by atoms with Crippen molar-refractivity contribution in [2.24, 2.45) is 0 Å². The lowest BCUT2D eigenvalue weighted by Crippen LogP contribution is -2.38. The summed E-state index contributed by atoms with van der Waals surface area (Å²) in [5, 5.41) is 5.34. The Morgan fingerprint density at radius 2 is 2.00 bits per heavy atom. The molecule has 2 heterocycles. The van der Waals surface area contributed by atoms with Crippen LogP contribution in [0.4, 0.5) is 4.39 Å². The number of hydrogen-bond donors (Lipinski definition) is 3. The van der Waals surface area contributed by atoms with Crippen molar-refractivity contribution in [1.82, 2.24) is 25.1 Å². The summed E-state index contributed by atoms with van der Waals surface area (Å²) in [6.45, 7) is 2.04. The summed E-state index contributed by atoms with van der Waals surface area (Å²) in [5.41, 5.74) is 0.517. The number of halogens is 1. The molecule has 12 heteroatoms. The van der Waals surface area contributed by atoms with Crippen LogP contribution in [0.3, 0.4) is 0 Å². The lowest BCUT2D eigenvalue weighted by Gasteiger charge is -2.14. The van der Waals surface area contributed by atoms with Gasteiger partial charge in [-0.25, -0.2) is 22.5 Å². The fourth-order valence-corrected chi connectivity index (χ4v) is 4.22. The molecule has 0 saturated heterocycles. The van der Waals surface area contributed by atoms with E-state index in [-0.39, 0.29) is 17.6 Å². The summed E-state index contributed by atoms with van der Waals surface area (Å²) in [5.74, 6) is -0.939. The first-order valence-electron chi connectivity index (χ1n) is 10.0. The van der Waals surface area contributed by atoms with Crippen molar-refractivity contribution in [3.8, 4) is 5.75 Å². The Balaban J connectivity index is 1.86. The number of ether oxygens (including phenoxy) is 1. The Labute approximate surface area is 188 Å².